The highest BCUT2D eigenvalue weighted by Crippen LogP contribution is 2.31. The van der Waals surface area contributed by atoms with Gasteiger partial charge in [-0.05, 0) is 50.8 Å². The van der Waals surface area contributed by atoms with Crippen molar-refractivity contribution in [2.24, 2.45) is 11.0 Å². The number of hydrogen-bond acceptors (Lipinski definition) is 4. The van der Waals surface area contributed by atoms with Gasteiger partial charge in [0.15, 0.2) is 0 Å². The van der Waals surface area contributed by atoms with Gasteiger partial charge in [0.1, 0.15) is 0 Å². The molecule has 1 aromatic carbocycles. The Balaban J connectivity index is 0.000000245. The third kappa shape index (κ3) is 7.80. The van der Waals surface area contributed by atoms with Gasteiger partial charge in [0.05, 0.1) is 11.4 Å². The van der Waals surface area contributed by atoms with Gasteiger partial charge in [-0.15, -0.1) is 0 Å². The Hall–Kier alpha value is -2.49. The van der Waals surface area contributed by atoms with Crippen LogP contribution in [0.1, 0.15) is 91.9 Å². The zero-order valence-corrected chi connectivity index (χ0v) is 21.8. The van der Waals surface area contributed by atoms with Gasteiger partial charge in [-0.3, -0.25) is 15.4 Å². The lowest BCUT2D eigenvalue weighted by atomic mass is 9.95. The van der Waals surface area contributed by atoms with Gasteiger partial charge >= 0.3 is 0 Å². The molecule has 1 N–H and O–H groups in total. The summed E-state index contributed by atoms with van der Waals surface area (Å²) in [6.07, 6.45) is 12.8. The number of unbranched alkanes of at least 4 members (excludes halogenated alkanes) is 6. The first kappa shape index (κ1) is 26.8. The Kier molecular flexibility index (Phi) is 11.3. The van der Waals surface area contributed by atoms with E-state index in [-0.39, 0.29) is 0 Å². The Labute approximate surface area is 203 Å². The first-order chi connectivity index (χ1) is 15.9. The van der Waals surface area contributed by atoms with E-state index in [9.17, 15) is 0 Å². The molecular weight excluding hydrogens is 404 g/mol. The van der Waals surface area contributed by atoms with Crippen LogP contribution in [0.2, 0.25) is 0 Å². The minimum atomic E-state index is 0.511. The smallest absolute Gasteiger partial charge is 0.0630 e. The lowest BCUT2D eigenvalue weighted by Gasteiger charge is -2.21. The fraction of sp³-hybridized carbons (Fsp3) is 0.552. The van der Waals surface area contributed by atoms with Crippen LogP contribution < -0.4 is 10.4 Å². The minimum absolute atomic E-state index is 0.511. The number of hydrazone groups is 1. The number of nitrogens with zero attached hydrogens (tertiary/aromatic N) is 3. The second-order valence-corrected chi connectivity index (χ2v) is 9.30. The summed E-state index contributed by atoms with van der Waals surface area (Å²) in [5, 5.41) is 8.40. The topological polar surface area (TPSA) is 30.9 Å². The molecule has 1 unspecified atom stereocenters. The minimum Gasteiger partial charge on any atom is -0.298 e. The number of para-hydroxylation sites is 1. The highest BCUT2D eigenvalue weighted by atomic mass is 15.5. The van der Waals surface area contributed by atoms with E-state index in [0.717, 1.165) is 17.8 Å². The van der Waals surface area contributed by atoms with E-state index >= 15 is 0 Å². The van der Waals surface area contributed by atoms with Gasteiger partial charge in [-0.2, -0.15) is 5.10 Å². The van der Waals surface area contributed by atoms with Gasteiger partial charge in [-0.1, -0.05) is 90.2 Å². The molecule has 0 aliphatic carbocycles. The molecule has 3 rings (SSSR count). The molecule has 2 aliphatic heterocycles. The van der Waals surface area contributed by atoms with Crippen molar-refractivity contribution in [2.45, 2.75) is 91.9 Å². The van der Waals surface area contributed by atoms with E-state index in [1.165, 1.54) is 80.5 Å². The molecule has 0 amide bonds. The summed E-state index contributed by atoms with van der Waals surface area (Å²) >= 11 is 0. The van der Waals surface area contributed by atoms with E-state index < -0.39 is 0 Å². The number of anilines is 1. The second kappa shape index (κ2) is 13.9. The van der Waals surface area contributed by atoms with Crippen LogP contribution in [0.4, 0.5) is 5.69 Å². The average molecular weight is 451 g/mol. The molecular formula is C29H46N4. The van der Waals surface area contributed by atoms with Crippen LogP contribution in [0.3, 0.4) is 0 Å². The normalized spacial score (nSPS) is 17.8. The van der Waals surface area contributed by atoms with Crippen LogP contribution in [-0.2, 0) is 0 Å². The predicted molar refractivity (Wildman–Crippen MR) is 145 cm³/mol. The Bertz CT molecular complexity index is 821. The quantitative estimate of drug-likeness (QED) is 0.345. The van der Waals surface area contributed by atoms with Crippen molar-refractivity contribution in [1.82, 2.24) is 10.4 Å². The third-order valence-electron chi connectivity index (χ3n) is 6.62. The second-order valence-electron chi connectivity index (χ2n) is 9.30. The number of rotatable bonds is 11. The van der Waals surface area contributed by atoms with Gasteiger partial charge in [0.25, 0.3) is 0 Å². The zero-order valence-electron chi connectivity index (χ0n) is 21.8. The van der Waals surface area contributed by atoms with Crippen molar-refractivity contribution in [3.8, 4) is 0 Å². The Morgan fingerprint density at radius 1 is 0.909 bits per heavy atom. The maximum atomic E-state index is 4.40. The van der Waals surface area contributed by atoms with E-state index in [1.807, 2.05) is 18.1 Å². The fourth-order valence-electron chi connectivity index (χ4n) is 4.50. The molecule has 2 heterocycles. The highest BCUT2D eigenvalue weighted by Gasteiger charge is 2.25. The lowest BCUT2D eigenvalue weighted by Crippen LogP contribution is -2.29. The lowest BCUT2D eigenvalue weighted by molar-refractivity contribution is 0.434. The first-order valence-electron chi connectivity index (χ1n) is 12.9. The third-order valence-corrected chi connectivity index (χ3v) is 6.62. The predicted octanol–water partition coefficient (Wildman–Crippen LogP) is 8.18. The summed E-state index contributed by atoms with van der Waals surface area (Å²) in [7, 11) is 1.98. The molecule has 0 spiro atoms. The van der Waals surface area contributed by atoms with Gasteiger partial charge < -0.3 is 0 Å². The van der Waals surface area contributed by atoms with E-state index in [1.54, 1.807) is 0 Å². The van der Waals surface area contributed by atoms with Crippen molar-refractivity contribution >= 4 is 11.4 Å². The summed E-state index contributed by atoms with van der Waals surface area (Å²) in [5.74, 6) is 0.511. The van der Waals surface area contributed by atoms with Crippen molar-refractivity contribution in [1.29, 1.82) is 0 Å². The molecule has 33 heavy (non-hydrogen) atoms. The van der Waals surface area contributed by atoms with Crippen LogP contribution in [0.15, 0.2) is 71.3 Å². The highest BCUT2D eigenvalue weighted by molar-refractivity contribution is 5.88. The van der Waals surface area contributed by atoms with Crippen LogP contribution in [-0.4, -0.2) is 17.8 Å². The SMILES string of the molecule is C=C1C(CCCCCC)=C(C)NN1c1ccccc1.C=C1C(CCCCCC)C(C)=NN1C. The van der Waals surface area contributed by atoms with Crippen LogP contribution in [0, 0.1) is 5.92 Å². The summed E-state index contributed by atoms with van der Waals surface area (Å²) in [6, 6.07) is 10.4. The van der Waals surface area contributed by atoms with Crippen molar-refractivity contribution in [2.75, 3.05) is 12.1 Å². The molecule has 0 saturated carbocycles. The molecule has 0 aromatic heterocycles. The number of allylic oxidation sites excluding steroid dienone is 3. The standard InChI is InChI=1S/C17H24N2.C12H22N2/c1-4-5-6-10-13-17-14(2)18-19(15(17)3)16-11-8-7-9-12-16;1-5-6-7-8-9-12-10(2)13-14(4)11(12)3/h7-9,11-12,18H,3-6,10,13H2,1-2H3;12H,3,5-9H2,1-2,4H3. The maximum absolute atomic E-state index is 4.40. The summed E-state index contributed by atoms with van der Waals surface area (Å²) in [5.41, 5.74) is 10.7. The summed E-state index contributed by atoms with van der Waals surface area (Å²) in [4.78, 5) is 0. The number of benzene rings is 1. The number of hydrogen-bond donors (Lipinski definition) is 1. The van der Waals surface area contributed by atoms with Gasteiger partial charge in [-0.25, -0.2) is 0 Å². The van der Waals surface area contributed by atoms with E-state index in [4.69, 9.17) is 0 Å². The molecule has 0 radical (unpaired) electrons. The maximum Gasteiger partial charge on any atom is 0.0630 e. The molecule has 4 nitrogen and oxygen atoms in total. The Morgan fingerprint density at radius 2 is 1.55 bits per heavy atom. The van der Waals surface area contributed by atoms with Gasteiger partial charge in [0, 0.05) is 30.1 Å². The fourth-order valence-corrected chi connectivity index (χ4v) is 4.50. The number of nitrogens with one attached hydrogen (secondary N) is 1. The monoisotopic (exact) mass is 450 g/mol. The summed E-state index contributed by atoms with van der Waals surface area (Å²) < 4.78 is 0. The number of hydrazine groups is 1. The molecule has 1 aromatic rings. The first-order valence-corrected chi connectivity index (χ1v) is 12.9. The molecule has 0 bridgehead atoms. The average Bonchev–Trinajstić information content (AvgIpc) is 3.23. The molecule has 2 aliphatic rings. The van der Waals surface area contributed by atoms with Gasteiger partial charge in [0.2, 0.25) is 0 Å². The van der Waals surface area contributed by atoms with Crippen LogP contribution in [0.5, 0.6) is 0 Å². The van der Waals surface area contributed by atoms with Crippen molar-refractivity contribution < 1.29 is 0 Å². The van der Waals surface area contributed by atoms with Crippen LogP contribution >= 0.6 is 0 Å². The van der Waals surface area contributed by atoms with E-state index in [2.05, 4.69) is 80.7 Å². The molecule has 0 fully saturated rings. The largest absolute Gasteiger partial charge is 0.298 e. The van der Waals surface area contributed by atoms with Crippen molar-refractivity contribution in [3.05, 3.63) is 66.2 Å². The summed E-state index contributed by atoms with van der Waals surface area (Å²) in [6.45, 7) is 17.1. The molecule has 182 valence electrons. The van der Waals surface area contributed by atoms with E-state index in [0.29, 0.717) is 5.92 Å². The Morgan fingerprint density at radius 3 is 2.12 bits per heavy atom. The van der Waals surface area contributed by atoms with Crippen LogP contribution in [0.25, 0.3) is 0 Å². The zero-order chi connectivity index (χ0) is 24.2. The molecule has 1 atom stereocenters. The van der Waals surface area contributed by atoms with Crippen molar-refractivity contribution in [3.63, 3.8) is 0 Å². The molecule has 0 saturated heterocycles. The molecule has 4 heteroatoms.